The van der Waals surface area contributed by atoms with Gasteiger partial charge in [-0.05, 0) is 38.2 Å². The van der Waals surface area contributed by atoms with Crippen LogP contribution in [0.25, 0.3) is 0 Å². The third kappa shape index (κ3) is 5.20. The van der Waals surface area contributed by atoms with Gasteiger partial charge in [-0.15, -0.1) is 0 Å². The molecule has 0 fully saturated rings. The number of carbonyl (C=O) groups is 2. The van der Waals surface area contributed by atoms with Gasteiger partial charge in [0.25, 0.3) is 5.91 Å². The second kappa shape index (κ2) is 8.26. The molecule has 24 heavy (non-hydrogen) atoms. The second-order valence-electron chi connectivity index (χ2n) is 5.46. The number of thiocarbonyl (C=S) groups is 1. The Morgan fingerprint density at radius 2 is 1.71 bits per heavy atom. The number of carbonyl (C=O) groups excluding carboxylic acids is 2. The lowest BCUT2D eigenvalue weighted by molar-refractivity contribution is -0.129. The number of rotatable bonds is 4. The molecule has 0 saturated heterocycles. The Labute approximate surface area is 146 Å². The molecule has 1 aromatic carbocycles. The van der Waals surface area contributed by atoms with E-state index in [0.717, 1.165) is 11.3 Å². The summed E-state index contributed by atoms with van der Waals surface area (Å²) in [7, 11) is 0. The maximum atomic E-state index is 12.0. The molecule has 0 bridgehead atoms. The van der Waals surface area contributed by atoms with Gasteiger partial charge in [0.2, 0.25) is 5.91 Å². The van der Waals surface area contributed by atoms with Gasteiger partial charge in [-0.2, -0.15) is 0 Å². The highest BCUT2D eigenvalue weighted by molar-refractivity contribution is 7.80. The number of anilines is 1. The van der Waals surface area contributed by atoms with Crippen LogP contribution in [-0.4, -0.2) is 23.0 Å². The maximum absolute atomic E-state index is 12.0. The predicted octanol–water partition coefficient (Wildman–Crippen LogP) is 1.56. The average Bonchev–Trinajstić information content (AvgIpc) is 3.09. The smallest absolute Gasteiger partial charge is 0.260 e. The molecule has 0 aromatic heterocycles. The molecule has 7 heteroatoms. The molecule has 1 aliphatic carbocycles. The van der Waals surface area contributed by atoms with Gasteiger partial charge >= 0.3 is 0 Å². The first-order valence-electron chi connectivity index (χ1n) is 7.54. The Bertz CT molecular complexity index is 670. The van der Waals surface area contributed by atoms with Crippen LogP contribution in [0.4, 0.5) is 5.69 Å². The van der Waals surface area contributed by atoms with Gasteiger partial charge in [-0.25, -0.2) is 0 Å². The van der Waals surface area contributed by atoms with Crippen LogP contribution in [0.5, 0.6) is 0 Å². The van der Waals surface area contributed by atoms with E-state index in [9.17, 15) is 9.59 Å². The molecule has 0 saturated carbocycles. The number of allylic oxidation sites excluding steroid dienone is 2. The van der Waals surface area contributed by atoms with Gasteiger partial charge in [-0.1, -0.05) is 42.0 Å². The molecular formula is C17H20N4O2S. The van der Waals surface area contributed by atoms with E-state index < -0.39 is 6.04 Å². The standard InChI is InChI=1S/C17H20N4O2S/c1-11-7-9-14(10-8-11)19-17(24)21-20-15(22)12(2)18-16(23)13-5-3-4-6-13/h3-10,12-13H,1-2H3,(H,18,23)(H,20,22)(H2,19,21,24)/t12-/m0/s1. The van der Waals surface area contributed by atoms with Crippen LogP contribution >= 0.6 is 12.2 Å². The Balaban J connectivity index is 1.74. The third-order valence-electron chi connectivity index (χ3n) is 3.41. The Hall–Kier alpha value is -2.67. The Morgan fingerprint density at radius 3 is 2.33 bits per heavy atom. The first kappa shape index (κ1) is 17.7. The van der Waals surface area contributed by atoms with E-state index in [4.69, 9.17) is 12.2 Å². The third-order valence-corrected chi connectivity index (χ3v) is 3.62. The lowest BCUT2D eigenvalue weighted by atomic mass is 10.1. The van der Waals surface area contributed by atoms with E-state index in [1.807, 2.05) is 31.2 Å². The number of hydrogen-bond donors (Lipinski definition) is 4. The molecule has 1 aliphatic rings. The SMILES string of the molecule is Cc1ccc(NC(=S)NNC(=O)[C@H](C)NC(=O)C2C=CC=C2)cc1. The molecule has 2 rings (SSSR count). The molecule has 4 N–H and O–H groups in total. The van der Waals surface area contributed by atoms with Crippen molar-refractivity contribution in [2.45, 2.75) is 19.9 Å². The van der Waals surface area contributed by atoms with E-state index in [2.05, 4.69) is 21.5 Å². The largest absolute Gasteiger partial charge is 0.344 e. The van der Waals surface area contributed by atoms with E-state index in [1.54, 1.807) is 31.2 Å². The summed E-state index contributed by atoms with van der Waals surface area (Å²) in [6.07, 6.45) is 7.12. The van der Waals surface area contributed by atoms with Crippen LogP contribution in [0.3, 0.4) is 0 Å². The predicted molar refractivity (Wildman–Crippen MR) is 98.1 cm³/mol. The van der Waals surface area contributed by atoms with Gasteiger partial charge in [0.15, 0.2) is 5.11 Å². The van der Waals surface area contributed by atoms with Gasteiger partial charge in [0.1, 0.15) is 6.04 Å². The number of nitrogens with one attached hydrogen (secondary N) is 4. The summed E-state index contributed by atoms with van der Waals surface area (Å²) in [6, 6.07) is 6.99. The highest BCUT2D eigenvalue weighted by Crippen LogP contribution is 2.09. The monoisotopic (exact) mass is 344 g/mol. The molecule has 1 aromatic rings. The molecule has 0 spiro atoms. The summed E-state index contributed by atoms with van der Waals surface area (Å²) in [5.74, 6) is -0.928. The second-order valence-corrected chi connectivity index (χ2v) is 5.87. The zero-order valence-electron chi connectivity index (χ0n) is 13.5. The average molecular weight is 344 g/mol. The Morgan fingerprint density at radius 1 is 1.08 bits per heavy atom. The summed E-state index contributed by atoms with van der Waals surface area (Å²) in [5, 5.41) is 5.85. The van der Waals surface area contributed by atoms with Crippen LogP contribution < -0.4 is 21.5 Å². The van der Waals surface area contributed by atoms with Gasteiger partial charge < -0.3 is 10.6 Å². The van der Waals surface area contributed by atoms with Crippen LogP contribution in [0.15, 0.2) is 48.6 Å². The zero-order valence-corrected chi connectivity index (χ0v) is 14.3. The highest BCUT2D eigenvalue weighted by Gasteiger charge is 2.20. The number of benzene rings is 1. The van der Waals surface area contributed by atoms with E-state index in [1.165, 1.54) is 0 Å². The summed E-state index contributed by atoms with van der Waals surface area (Å²) >= 11 is 5.11. The number of aryl methyl sites for hydroxylation is 1. The molecule has 2 amide bonds. The van der Waals surface area contributed by atoms with E-state index >= 15 is 0 Å². The molecule has 1 atom stereocenters. The number of hydrogen-bond acceptors (Lipinski definition) is 3. The van der Waals surface area contributed by atoms with Crippen LogP contribution in [0, 0.1) is 12.8 Å². The van der Waals surface area contributed by atoms with E-state index in [0.29, 0.717) is 0 Å². The van der Waals surface area contributed by atoms with Crippen molar-refractivity contribution in [1.29, 1.82) is 0 Å². The normalized spacial score (nSPS) is 14.1. The number of hydrazine groups is 1. The Kier molecular flexibility index (Phi) is 6.08. The van der Waals surface area contributed by atoms with Crippen molar-refractivity contribution in [2.24, 2.45) is 5.92 Å². The first-order chi connectivity index (χ1) is 11.5. The quantitative estimate of drug-likeness (QED) is 0.492. The maximum Gasteiger partial charge on any atom is 0.260 e. The van der Waals surface area contributed by atoms with Crippen LogP contribution in [0.2, 0.25) is 0 Å². The van der Waals surface area contributed by atoms with Crippen molar-refractivity contribution < 1.29 is 9.59 Å². The first-order valence-corrected chi connectivity index (χ1v) is 7.95. The molecule has 0 unspecified atom stereocenters. The van der Waals surface area contributed by atoms with Crippen molar-refractivity contribution in [1.82, 2.24) is 16.2 Å². The van der Waals surface area contributed by atoms with Crippen molar-refractivity contribution in [3.8, 4) is 0 Å². The summed E-state index contributed by atoms with van der Waals surface area (Å²) < 4.78 is 0. The molecule has 0 heterocycles. The minimum Gasteiger partial charge on any atom is -0.344 e. The molecule has 0 radical (unpaired) electrons. The van der Waals surface area contributed by atoms with Crippen molar-refractivity contribution in [3.63, 3.8) is 0 Å². The molecule has 6 nitrogen and oxygen atoms in total. The zero-order chi connectivity index (χ0) is 17.5. The highest BCUT2D eigenvalue weighted by atomic mass is 32.1. The molecular weight excluding hydrogens is 324 g/mol. The van der Waals surface area contributed by atoms with Gasteiger partial charge in [0, 0.05) is 5.69 Å². The fraction of sp³-hybridized carbons (Fsp3) is 0.235. The lowest BCUT2D eigenvalue weighted by Gasteiger charge is -2.17. The fourth-order valence-corrected chi connectivity index (χ4v) is 2.18. The summed E-state index contributed by atoms with van der Waals surface area (Å²) in [4.78, 5) is 23.9. The van der Waals surface area contributed by atoms with Crippen molar-refractivity contribution >= 4 is 34.8 Å². The van der Waals surface area contributed by atoms with Crippen LogP contribution in [0.1, 0.15) is 12.5 Å². The van der Waals surface area contributed by atoms with E-state index in [-0.39, 0.29) is 22.8 Å². The lowest BCUT2D eigenvalue weighted by Crippen LogP contribution is -2.52. The minimum absolute atomic E-state index is 0.219. The fourth-order valence-electron chi connectivity index (χ4n) is 2.01. The topological polar surface area (TPSA) is 82.3 Å². The van der Waals surface area contributed by atoms with Gasteiger partial charge in [0.05, 0.1) is 5.92 Å². The summed E-state index contributed by atoms with van der Waals surface area (Å²) in [5.41, 5.74) is 7.03. The molecule has 126 valence electrons. The van der Waals surface area contributed by atoms with Crippen LogP contribution in [-0.2, 0) is 9.59 Å². The van der Waals surface area contributed by atoms with Crippen molar-refractivity contribution in [2.75, 3.05) is 5.32 Å². The minimum atomic E-state index is -0.686. The van der Waals surface area contributed by atoms with Gasteiger partial charge in [-0.3, -0.25) is 20.4 Å². The number of amides is 2. The summed E-state index contributed by atoms with van der Waals surface area (Å²) in [6.45, 7) is 3.60. The van der Waals surface area contributed by atoms with Crippen molar-refractivity contribution in [3.05, 3.63) is 54.1 Å². The molecule has 0 aliphatic heterocycles.